The monoisotopic (exact) mass is 370 g/mol. The van der Waals surface area contributed by atoms with E-state index in [1.54, 1.807) is 6.20 Å². The molecule has 2 N–H and O–H groups in total. The maximum atomic E-state index is 12.3. The number of hydrogen-bond donors (Lipinski definition) is 2. The van der Waals surface area contributed by atoms with E-state index in [-0.39, 0.29) is 18.1 Å². The average Bonchev–Trinajstić information content (AvgIpc) is 3.30. The lowest BCUT2D eigenvalue weighted by Crippen LogP contribution is -2.47. The van der Waals surface area contributed by atoms with E-state index >= 15 is 0 Å². The highest BCUT2D eigenvalue weighted by Crippen LogP contribution is 2.30. The van der Waals surface area contributed by atoms with Crippen LogP contribution >= 0.6 is 0 Å². The van der Waals surface area contributed by atoms with Gasteiger partial charge in [-0.3, -0.25) is 9.88 Å². The van der Waals surface area contributed by atoms with Gasteiger partial charge in [0.1, 0.15) is 5.69 Å². The van der Waals surface area contributed by atoms with Crippen molar-refractivity contribution in [3.05, 3.63) is 30.3 Å². The lowest BCUT2D eigenvalue weighted by atomic mass is 9.96. The highest BCUT2D eigenvalue weighted by Gasteiger charge is 2.35. The van der Waals surface area contributed by atoms with Crippen molar-refractivity contribution in [1.82, 2.24) is 30.7 Å². The van der Waals surface area contributed by atoms with E-state index in [1.807, 2.05) is 25.2 Å². The van der Waals surface area contributed by atoms with Crippen molar-refractivity contribution in [3.63, 3.8) is 0 Å². The maximum Gasteiger partial charge on any atom is 0.315 e. The molecule has 8 nitrogen and oxygen atoms in total. The zero-order chi connectivity index (χ0) is 18.6. The molecule has 1 saturated heterocycles. The smallest absolute Gasteiger partial charge is 0.315 e. The van der Waals surface area contributed by atoms with E-state index in [0.29, 0.717) is 23.5 Å². The molecule has 3 heterocycles. The minimum absolute atomic E-state index is 0.00468. The summed E-state index contributed by atoms with van der Waals surface area (Å²) in [5.74, 6) is 1.06. The lowest BCUT2D eigenvalue weighted by Gasteiger charge is -2.24. The number of nitrogens with zero attached hydrogens (tertiary/aromatic N) is 4. The molecule has 2 aromatic heterocycles. The van der Waals surface area contributed by atoms with E-state index < -0.39 is 0 Å². The van der Waals surface area contributed by atoms with Gasteiger partial charge in [0.2, 0.25) is 11.7 Å². The molecule has 8 heteroatoms. The van der Waals surface area contributed by atoms with E-state index in [9.17, 15) is 4.79 Å². The fraction of sp³-hybridized carbons (Fsp3) is 0.579. The topological polar surface area (TPSA) is 96.2 Å². The molecule has 27 heavy (non-hydrogen) atoms. The first-order valence-electron chi connectivity index (χ1n) is 9.71. The first-order chi connectivity index (χ1) is 13.2. The van der Waals surface area contributed by atoms with E-state index in [4.69, 9.17) is 4.52 Å². The Morgan fingerprint density at radius 2 is 2.00 bits per heavy atom. The van der Waals surface area contributed by atoms with Crippen LogP contribution < -0.4 is 10.6 Å². The quantitative estimate of drug-likeness (QED) is 0.858. The fourth-order valence-electron chi connectivity index (χ4n) is 4.02. The Labute approximate surface area is 158 Å². The van der Waals surface area contributed by atoms with Crippen LogP contribution in [-0.2, 0) is 0 Å². The van der Waals surface area contributed by atoms with E-state index in [0.717, 1.165) is 25.8 Å². The number of pyridine rings is 1. The van der Waals surface area contributed by atoms with Crippen LogP contribution in [0.25, 0.3) is 11.5 Å². The van der Waals surface area contributed by atoms with Crippen molar-refractivity contribution in [2.75, 3.05) is 13.6 Å². The van der Waals surface area contributed by atoms with Gasteiger partial charge < -0.3 is 15.2 Å². The number of amides is 2. The third-order valence-electron chi connectivity index (χ3n) is 5.44. The lowest BCUT2D eigenvalue weighted by molar-refractivity contribution is 0.228. The predicted octanol–water partition coefficient (Wildman–Crippen LogP) is 2.51. The molecule has 2 aliphatic rings. The van der Waals surface area contributed by atoms with Gasteiger partial charge in [-0.05, 0) is 38.4 Å². The molecule has 0 bridgehead atoms. The summed E-state index contributed by atoms with van der Waals surface area (Å²) in [7, 11) is 2.01. The number of likely N-dealkylation sites (N-methyl/N-ethyl adjacent to an activating group) is 1. The van der Waals surface area contributed by atoms with Crippen molar-refractivity contribution in [1.29, 1.82) is 0 Å². The number of nitrogens with one attached hydrogen (secondary N) is 2. The van der Waals surface area contributed by atoms with Crippen LogP contribution in [0.5, 0.6) is 0 Å². The first kappa shape index (κ1) is 17.9. The van der Waals surface area contributed by atoms with Crippen molar-refractivity contribution < 1.29 is 9.32 Å². The largest absolute Gasteiger partial charge is 0.337 e. The summed E-state index contributed by atoms with van der Waals surface area (Å²) in [5.41, 5.74) is 0.690. The van der Waals surface area contributed by atoms with Crippen LogP contribution in [0.4, 0.5) is 4.79 Å². The van der Waals surface area contributed by atoms with Gasteiger partial charge in [0.15, 0.2) is 0 Å². The molecule has 2 aromatic rings. The second-order valence-electron chi connectivity index (χ2n) is 7.51. The summed E-state index contributed by atoms with van der Waals surface area (Å²) in [6, 6.07) is 5.90. The number of likely N-dealkylation sites (tertiary alicyclic amines) is 1. The van der Waals surface area contributed by atoms with Gasteiger partial charge in [-0.2, -0.15) is 4.98 Å². The molecule has 2 unspecified atom stereocenters. The zero-order valence-electron chi connectivity index (χ0n) is 15.6. The van der Waals surface area contributed by atoms with E-state index in [1.165, 1.54) is 19.3 Å². The Bertz CT molecular complexity index is 759. The van der Waals surface area contributed by atoms with Crippen molar-refractivity contribution >= 4 is 6.03 Å². The standard InChI is InChI=1S/C19H26N6O2/c1-25-12-14(22-19(26)21-13-7-3-2-4-8-13)11-16(25)18-23-17(24-27-18)15-9-5-6-10-20-15/h5-6,9-10,13-14,16H,2-4,7-8,11-12H2,1H3,(H2,21,22,26). The molecule has 1 aliphatic heterocycles. The zero-order valence-corrected chi connectivity index (χ0v) is 15.6. The second-order valence-corrected chi connectivity index (χ2v) is 7.51. The van der Waals surface area contributed by atoms with Crippen molar-refractivity contribution in [3.8, 4) is 11.5 Å². The Hall–Kier alpha value is -2.48. The molecule has 2 atom stereocenters. The van der Waals surface area contributed by atoms with Crippen LogP contribution in [-0.4, -0.2) is 51.7 Å². The molecular weight excluding hydrogens is 344 g/mol. The molecule has 1 aliphatic carbocycles. The summed E-state index contributed by atoms with van der Waals surface area (Å²) in [5, 5.41) is 10.3. The van der Waals surface area contributed by atoms with Crippen LogP contribution in [0.2, 0.25) is 0 Å². The predicted molar refractivity (Wildman–Crippen MR) is 99.8 cm³/mol. The SMILES string of the molecule is CN1CC(NC(=O)NC2CCCCC2)CC1c1nc(-c2ccccn2)no1. The van der Waals surface area contributed by atoms with Gasteiger partial charge in [-0.25, -0.2) is 4.79 Å². The average molecular weight is 370 g/mol. The van der Waals surface area contributed by atoms with Crippen LogP contribution in [0.15, 0.2) is 28.9 Å². The normalized spacial score (nSPS) is 24.0. The Kier molecular flexibility index (Phi) is 5.33. The number of hydrogen-bond acceptors (Lipinski definition) is 6. The highest BCUT2D eigenvalue weighted by atomic mass is 16.5. The first-order valence-corrected chi connectivity index (χ1v) is 9.71. The number of urea groups is 1. The number of rotatable bonds is 4. The minimum Gasteiger partial charge on any atom is -0.337 e. The summed E-state index contributed by atoms with van der Waals surface area (Å²) in [6.07, 6.45) is 8.30. The molecule has 0 radical (unpaired) electrons. The summed E-state index contributed by atoms with van der Waals surface area (Å²) < 4.78 is 5.48. The van der Waals surface area contributed by atoms with Crippen LogP contribution in [0.3, 0.4) is 0 Å². The van der Waals surface area contributed by atoms with Crippen molar-refractivity contribution in [2.24, 2.45) is 0 Å². The van der Waals surface area contributed by atoms with Gasteiger partial charge in [-0.1, -0.05) is 30.5 Å². The number of aromatic nitrogens is 3. The molecule has 2 fully saturated rings. The molecule has 0 aromatic carbocycles. The van der Waals surface area contributed by atoms with Crippen LogP contribution in [0, 0.1) is 0 Å². The molecule has 2 amide bonds. The molecule has 1 saturated carbocycles. The minimum atomic E-state index is -0.0688. The highest BCUT2D eigenvalue weighted by molar-refractivity contribution is 5.74. The fourth-order valence-corrected chi connectivity index (χ4v) is 4.02. The van der Waals surface area contributed by atoms with Gasteiger partial charge in [0.25, 0.3) is 0 Å². The summed E-state index contributed by atoms with van der Waals surface area (Å²) in [6.45, 7) is 0.754. The number of carbonyl (C=O) groups is 1. The molecule has 4 rings (SSSR count). The third kappa shape index (κ3) is 4.27. The molecular formula is C19H26N6O2. The number of carbonyl (C=O) groups excluding carboxylic acids is 1. The molecule has 144 valence electrons. The second kappa shape index (κ2) is 8.04. The van der Waals surface area contributed by atoms with E-state index in [2.05, 4.69) is 30.7 Å². The Balaban J connectivity index is 1.34. The summed E-state index contributed by atoms with van der Waals surface area (Å²) in [4.78, 5) is 23.2. The summed E-state index contributed by atoms with van der Waals surface area (Å²) >= 11 is 0. The Morgan fingerprint density at radius 3 is 2.78 bits per heavy atom. The Morgan fingerprint density at radius 1 is 1.19 bits per heavy atom. The van der Waals surface area contributed by atoms with Gasteiger partial charge >= 0.3 is 6.03 Å². The van der Waals surface area contributed by atoms with Gasteiger partial charge in [0, 0.05) is 24.8 Å². The maximum absolute atomic E-state index is 12.3. The van der Waals surface area contributed by atoms with Gasteiger partial charge in [-0.15, -0.1) is 0 Å². The molecule has 0 spiro atoms. The third-order valence-corrected chi connectivity index (χ3v) is 5.44. The van der Waals surface area contributed by atoms with Gasteiger partial charge in [0.05, 0.1) is 6.04 Å². The van der Waals surface area contributed by atoms with Crippen LogP contribution in [0.1, 0.15) is 50.5 Å². The van der Waals surface area contributed by atoms with Crippen molar-refractivity contribution in [2.45, 2.75) is 56.7 Å².